The summed E-state index contributed by atoms with van der Waals surface area (Å²) in [5, 5.41) is 3.07. The molecule has 1 aromatic carbocycles. The van der Waals surface area contributed by atoms with E-state index in [1.807, 2.05) is 19.1 Å². The summed E-state index contributed by atoms with van der Waals surface area (Å²) in [4.78, 5) is 39.5. The first-order valence-electron chi connectivity index (χ1n) is 9.06. The molecule has 25 heavy (non-hydrogen) atoms. The molecule has 1 heterocycles. The third kappa shape index (κ3) is 4.00. The van der Waals surface area contributed by atoms with Crippen LogP contribution in [0.15, 0.2) is 24.3 Å². The molecule has 2 aliphatic rings. The fraction of sp³-hybridized carbons (Fsp3) is 0.526. The minimum absolute atomic E-state index is 0.0405. The molecule has 3 amide bonds. The van der Waals surface area contributed by atoms with Crippen molar-refractivity contribution < 1.29 is 14.4 Å². The number of piperazine rings is 1. The maximum atomic E-state index is 12.2. The molecule has 0 spiro atoms. The van der Waals surface area contributed by atoms with Crippen LogP contribution in [0.1, 0.15) is 48.5 Å². The lowest BCUT2D eigenvalue weighted by Crippen LogP contribution is -2.53. The Kier molecular flexibility index (Phi) is 5.36. The average Bonchev–Trinajstić information content (AvgIpc) is 3.13. The van der Waals surface area contributed by atoms with E-state index >= 15 is 0 Å². The van der Waals surface area contributed by atoms with Gasteiger partial charge in [-0.3, -0.25) is 14.4 Å². The van der Waals surface area contributed by atoms with Crippen molar-refractivity contribution in [2.75, 3.05) is 19.6 Å². The maximum absolute atomic E-state index is 12.2. The van der Waals surface area contributed by atoms with Gasteiger partial charge in [0.15, 0.2) is 0 Å². The van der Waals surface area contributed by atoms with Crippen molar-refractivity contribution in [1.82, 2.24) is 15.1 Å². The van der Waals surface area contributed by atoms with Gasteiger partial charge in [0.1, 0.15) is 0 Å². The van der Waals surface area contributed by atoms with Crippen LogP contribution < -0.4 is 5.32 Å². The van der Waals surface area contributed by atoms with E-state index in [1.54, 1.807) is 21.9 Å². The molecule has 134 valence electrons. The monoisotopic (exact) mass is 343 g/mol. The molecule has 6 nitrogen and oxygen atoms in total. The Balaban J connectivity index is 1.58. The molecule has 0 radical (unpaired) electrons. The third-order valence-corrected chi connectivity index (χ3v) is 5.06. The number of hydrogen-bond acceptors (Lipinski definition) is 3. The Bertz CT molecular complexity index is 650. The lowest BCUT2D eigenvalue weighted by atomic mass is 10.1. The number of nitrogens with one attached hydrogen (secondary N) is 1. The van der Waals surface area contributed by atoms with Crippen molar-refractivity contribution in [2.24, 2.45) is 0 Å². The number of carbonyl (C=O) groups is 3. The van der Waals surface area contributed by atoms with Crippen molar-refractivity contribution in [3.63, 3.8) is 0 Å². The number of benzene rings is 1. The standard InChI is InChI=1S/C19H25N3O3/c1-2-21-11-12-22(19(25)18(21)24)13-14-7-9-15(10-8-14)17(23)20-16-5-3-4-6-16/h7-10,16H,2-6,11-13H2,1H3,(H,20,23). The van der Waals surface area contributed by atoms with E-state index < -0.39 is 11.8 Å². The number of likely N-dealkylation sites (N-methyl/N-ethyl adjacent to an activating group) is 1. The number of nitrogens with zero attached hydrogens (tertiary/aromatic N) is 2. The number of carbonyl (C=O) groups excluding carboxylic acids is 3. The Morgan fingerprint density at radius 2 is 1.64 bits per heavy atom. The Morgan fingerprint density at radius 3 is 2.28 bits per heavy atom. The zero-order valence-electron chi connectivity index (χ0n) is 14.7. The van der Waals surface area contributed by atoms with Gasteiger partial charge in [-0.25, -0.2) is 0 Å². The van der Waals surface area contributed by atoms with Gasteiger partial charge >= 0.3 is 11.8 Å². The first kappa shape index (κ1) is 17.5. The summed E-state index contributed by atoms with van der Waals surface area (Å²) in [5.74, 6) is -0.918. The van der Waals surface area contributed by atoms with Crippen LogP contribution in [0.3, 0.4) is 0 Å². The second-order valence-electron chi connectivity index (χ2n) is 6.76. The van der Waals surface area contributed by atoms with Crippen LogP contribution in [0.25, 0.3) is 0 Å². The fourth-order valence-corrected chi connectivity index (χ4v) is 3.49. The second kappa shape index (κ2) is 7.68. The SMILES string of the molecule is CCN1CCN(Cc2ccc(C(=O)NC3CCCC3)cc2)C(=O)C1=O. The van der Waals surface area contributed by atoms with E-state index in [2.05, 4.69) is 5.32 Å². The summed E-state index contributed by atoms with van der Waals surface area (Å²) >= 11 is 0. The third-order valence-electron chi connectivity index (χ3n) is 5.06. The minimum Gasteiger partial charge on any atom is -0.349 e. The van der Waals surface area contributed by atoms with Crippen LogP contribution in [0.4, 0.5) is 0 Å². The first-order chi connectivity index (χ1) is 12.1. The molecule has 1 aliphatic heterocycles. The smallest absolute Gasteiger partial charge is 0.312 e. The van der Waals surface area contributed by atoms with Gasteiger partial charge in [-0.2, -0.15) is 0 Å². The number of hydrogen-bond donors (Lipinski definition) is 1. The van der Waals surface area contributed by atoms with Gasteiger partial charge in [-0.1, -0.05) is 25.0 Å². The predicted octanol–water partition coefficient (Wildman–Crippen LogP) is 1.55. The summed E-state index contributed by atoms with van der Waals surface area (Å²) in [7, 11) is 0. The van der Waals surface area contributed by atoms with Crippen molar-refractivity contribution in [3.8, 4) is 0 Å². The summed E-state index contributed by atoms with van der Waals surface area (Å²) in [6.45, 7) is 3.94. The molecular formula is C19H25N3O3. The largest absolute Gasteiger partial charge is 0.349 e. The molecular weight excluding hydrogens is 318 g/mol. The van der Waals surface area contributed by atoms with Gasteiger partial charge in [-0.15, -0.1) is 0 Å². The van der Waals surface area contributed by atoms with Gasteiger partial charge in [0.05, 0.1) is 0 Å². The highest BCUT2D eigenvalue weighted by Crippen LogP contribution is 2.18. The van der Waals surface area contributed by atoms with E-state index in [9.17, 15) is 14.4 Å². The molecule has 1 N–H and O–H groups in total. The lowest BCUT2D eigenvalue weighted by Gasteiger charge is -2.33. The molecule has 1 aliphatic carbocycles. The summed E-state index contributed by atoms with van der Waals surface area (Å²) in [5.41, 5.74) is 1.55. The summed E-state index contributed by atoms with van der Waals surface area (Å²) in [6.07, 6.45) is 4.48. The Hall–Kier alpha value is -2.37. The molecule has 0 aromatic heterocycles. The second-order valence-corrected chi connectivity index (χ2v) is 6.76. The highest BCUT2D eigenvalue weighted by Gasteiger charge is 2.31. The van der Waals surface area contributed by atoms with E-state index in [4.69, 9.17) is 0 Å². The van der Waals surface area contributed by atoms with Crippen molar-refractivity contribution in [2.45, 2.75) is 45.2 Å². The van der Waals surface area contributed by atoms with E-state index in [1.165, 1.54) is 12.8 Å². The number of rotatable bonds is 5. The van der Waals surface area contributed by atoms with E-state index in [0.29, 0.717) is 37.8 Å². The molecule has 1 saturated carbocycles. The molecule has 3 rings (SSSR count). The van der Waals surface area contributed by atoms with Crippen LogP contribution >= 0.6 is 0 Å². The lowest BCUT2D eigenvalue weighted by molar-refractivity contribution is -0.156. The Labute approximate surface area is 148 Å². The van der Waals surface area contributed by atoms with Crippen LogP contribution in [-0.2, 0) is 16.1 Å². The minimum atomic E-state index is -0.448. The number of amides is 3. The zero-order valence-corrected chi connectivity index (χ0v) is 14.7. The van der Waals surface area contributed by atoms with Gasteiger partial charge in [-0.05, 0) is 37.5 Å². The van der Waals surface area contributed by atoms with Crippen molar-refractivity contribution in [1.29, 1.82) is 0 Å². The summed E-state index contributed by atoms with van der Waals surface area (Å²) in [6, 6.07) is 7.58. The molecule has 1 aromatic rings. The van der Waals surface area contributed by atoms with E-state index in [-0.39, 0.29) is 5.91 Å². The quantitative estimate of drug-likeness (QED) is 0.825. The van der Waals surface area contributed by atoms with Crippen molar-refractivity contribution >= 4 is 17.7 Å². The first-order valence-corrected chi connectivity index (χ1v) is 9.06. The molecule has 2 fully saturated rings. The van der Waals surface area contributed by atoms with Gasteiger partial charge < -0.3 is 15.1 Å². The van der Waals surface area contributed by atoms with Crippen LogP contribution in [0.2, 0.25) is 0 Å². The van der Waals surface area contributed by atoms with Crippen LogP contribution in [0, 0.1) is 0 Å². The molecule has 0 bridgehead atoms. The maximum Gasteiger partial charge on any atom is 0.312 e. The van der Waals surface area contributed by atoms with E-state index in [0.717, 1.165) is 18.4 Å². The molecule has 1 saturated heterocycles. The van der Waals surface area contributed by atoms with Crippen molar-refractivity contribution in [3.05, 3.63) is 35.4 Å². The Morgan fingerprint density at radius 1 is 1.04 bits per heavy atom. The topological polar surface area (TPSA) is 69.7 Å². The fourth-order valence-electron chi connectivity index (χ4n) is 3.49. The van der Waals surface area contributed by atoms with Crippen LogP contribution in [0.5, 0.6) is 0 Å². The van der Waals surface area contributed by atoms with Gasteiger partial charge in [0.25, 0.3) is 5.91 Å². The van der Waals surface area contributed by atoms with Gasteiger partial charge in [0.2, 0.25) is 0 Å². The van der Waals surface area contributed by atoms with Gasteiger partial charge in [0, 0.05) is 37.8 Å². The molecule has 0 atom stereocenters. The highest BCUT2D eigenvalue weighted by atomic mass is 16.2. The summed E-state index contributed by atoms with van der Waals surface area (Å²) < 4.78 is 0. The molecule has 0 unspecified atom stereocenters. The van der Waals surface area contributed by atoms with Crippen LogP contribution in [-0.4, -0.2) is 53.2 Å². The normalized spacial score (nSPS) is 18.8. The predicted molar refractivity (Wildman–Crippen MR) is 93.8 cm³/mol. The zero-order chi connectivity index (χ0) is 17.8. The molecule has 6 heteroatoms. The highest BCUT2D eigenvalue weighted by molar-refractivity contribution is 6.35. The average molecular weight is 343 g/mol.